The molecule has 0 N–H and O–H groups in total. The summed E-state index contributed by atoms with van der Waals surface area (Å²) >= 11 is 0. The SMILES string of the molecule is COC(=O)[C@H]1Oc2c(c(=O)oc3ccccc23)[C@@H]1c1cccnc1. The number of methoxy groups -OCH3 is 1. The Balaban J connectivity index is 2.00. The zero-order valence-corrected chi connectivity index (χ0v) is 12.8. The molecule has 1 aliphatic rings. The van der Waals surface area contributed by atoms with Crippen LogP contribution < -0.4 is 10.4 Å². The van der Waals surface area contributed by atoms with E-state index in [-0.39, 0.29) is 0 Å². The average molecular weight is 323 g/mol. The second-order valence-electron chi connectivity index (χ2n) is 5.45. The standard InChI is InChI=1S/C18H13NO5/c1-22-18(21)16-13(10-5-4-8-19-9-10)14-15(24-16)11-6-2-3-7-12(11)23-17(14)20/h2-9,13,16H,1H3/t13-,16-/m0/s1. The Morgan fingerprint density at radius 3 is 2.79 bits per heavy atom. The van der Waals surface area contributed by atoms with Crippen LogP contribution >= 0.6 is 0 Å². The molecule has 4 rings (SSSR count). The van der Waals surface area contributed by atoms with E-state index in [0.717, 1.165) is 0 Å². The zero-order valence-electron chi connectivity index (χ0n) is 12.8. The largest absolute Gasteiger partial charge is 0.476 e. The van der Waals surface area contributed by atoms with E-state index < -0.39 is 23.6 Å². The summed E-state index contributed by atoms with van der Waals surface area (Å²) < 4.78 is 16.1. The third-order valence-corrected chi connectivity index (χ3v) is 4.13. The lowest BCUT2D eigenvalue weighted by molar-refractivity contribution is -0.148. The first kappa shape index (κ1) is 14.4. The summed E-state index contributed by atoms with van der Waals surface area (Å²) in [5.41, 5.74) is 0.895. The lowest BCUT2D eigenvalue weighted by Crippen LogP contribution is -2.31. The second kappa shape index (κ2) is 5.49. The molecule has 2 aromatic heterocycles. The minimum atomic E-state index is -0.956. The number of esters is 1. The minimum absolute atomic E-state index is 0.317. The highest BCUT2D eigenvalue weighted by atomic mass is 16.6. The number of carbonyl (C=O) groups excluding carboxylic acids is 1. The number of hydrogen-bond acceptors (Lipinski definition) is 6. The van der Waals surface area contributed by atoms with Gasteiger partial charge in [0.2, 0.25) is 6.10 Å². The lowest BCUT2D eigenvalue weighted by atomic mass is 9.89. The van der Waals surface area contributed by atoms with Crippen LogP contribution in [0.1, 0.15) is 17.0 Å². The Kier molecular flexibility index (Phi) is 3.30. The van der Waals surface area contributed by atoms with Crippen LogP contribution in [-0.4, -0.2) is 24.2 Å². The van der Waals surface area contributed by atoms with Gasteiger partial charge < -0.3 is 13.9 Å². The molecule has 0 bridgehead atoms. The fourth-order valence-corrected chi connectivity index (χ4v) is 3.08. The maximum Gasteiger partial charge on any atom is 0.348 e. The molecule has 0 aliphatic carbocycles. The van der Waals surface area contributed by atoms with E-state index in [0.29, 0.717) is 27.8 Å². The summed E-state index contributed by atoms with van der Waals surface area (Å²) in [6.07, 6.45) is 2.27. The fourth-order valence-electron chi connectivity index (χ4n) is 3.08. The van der Waals surface area contributed by atoms with Crippen LogP contribution in [0.2, 0.25) is 0 Å². The molecule has 0 spiro atoms. The predicted molar refractivity (Wildman–Crippen MR) is 85.0 cm³/mol. The van der Waals surface area contributed by atoms with E-state index in [1.54, 1.807) is 42.7 Å². The van der Waals surface area contributed by atoms with Gasteiger partial charge in [0.1, 0.15) is 11.3 Å². The second-order valence-corrected chi connectivity index (χ2v) is 5.45. The van der Waals surface area contributed by atoms with Crippen molar-refractivity contribution in [2.24, 2.45) is 0 Å². The summed E-state index contributed by atoms with van der Waals surface area (Å²) in [7, 11) is 1.29. The molecule has 120 valence electrons. The van der Waals surface area contributed by atoms with Crippen LogP contribution in [0.5, 0.6) is 5.75 Å². The highest BCUT2D eigenvalue weighted by molar-refractivity contribution is 5.88. The molecule has 0 radical (unpaired) electrons. The molecule has 0 saturated heterocycles. The number of hydrogen-bond donors (Lipinski definition) is 0. The van der Waals surface area contributed by atoms with Gasteiger partial charge in [0.05, 0.1) is 24.0 Å². The molecule has 1 aromatic carbocycles. The summed E-state index contributed by atoms with van der Waals surface area (Å²) in [6.45, 7) is 0. The number of carbonyl (C=O) groups is 1. The van der Waals surface area contributed by atoms with Gasteiger partial charge in [-0.05, 0) is 23.8 Å². The van der Waals surface area contributed by atoms with Crippen molar-refractivity contribution in [3.05, 3.63) is 70.3 Å². The molecule has 6 nitrogen and oxygen atoms in total. The molecular formula is C18H13NO5. The molecule has 0 fully saturated rings. The van der Waals surface area contributed by atoms with E-state index in [1.165, 1.54) is 7.11 Å². The summed E-state index contributed by atoms with van der Waals surface area (Å²) in [5, 5.41) is 0.646. The molecule has 3 aromatic rings. The number of benzene rings is 1. The Morgan fingerprint density at radius 2 is 2.04 bits per heavy atom. The Labute approximate surface area is 136 Å². The van der Waals surface area contributed by atoms with E-state index in [9.17, 15) is 9.59 Å². The fraction of sp³-hybridized carbons (Fsp3) is 0.167. The van der Waals surface area contributed by atoms with Crippen molar-refractivity contribution in [1.29, 1.82) is 0 Å². The number of aromatic nitrogens is 1. The molecule has 0 unspecified atom stereocenters. The van der Waals surface area contributed by atoms with Crippen LogP contribution in [0.25, 0.3) is 11.0 Å². The average Bonchev–Trinajstić information content (AvgIpc) is 3.03. The molecule has 6 heteroatoms. The van der Waals surface area contributed by atoms with Gasteiger partial charge in [-0.2, -0.15) is 0 Å². The van der Waals surface area contributed by atoms with Crippen molar-refractivity contribution < 1.29 is 18.7 Å². The maximum atomic E-state index is 12.5. The highest BCUT2D eigenvalue weighted by Gasteiger charge is 2.44. The lowest BCUT2D eigenvalue weighted by Gasteiger charge is -2.16. The van der Waals surface area contributed by atoms with E-state index >= 15 is 0 Å². The van der Waals surface area contributed by atoms with Crippen LogP contribution in [0.15, 0.2) is 58.0 Å². The van der Waals surface area contributed by atoms with Gasteiger partial charge in [-0.1, -0.05) is 18.2 Å². The number of pyridine rings is 1. The monoisotopic (exact) mass is 323 g/mol. The molecule has 0 amide bonds. The van der Waals surface area contributed by atoms with Crippen LogP contribution in [0.3, 0.4) is 0 Å². The van der Waals surface area contributed by atoms with Gasteiger partial charge in [-0.25, -0.2) is 9.59 Å². The first-order chi connectivity index (χ1) is 11.7. The summed E-state index contributed by atoms with van der Waals surface area (Å²) in [4.78, 5) is 28.8. The Hall–Kier alpha value is -3.15. The van der Waals surface area contributed by atoms with Crippen LogP contribution in [0, 0.1) is 0 Å². The number of fused-ring (bicyclic) bond motifs is 3. The Bertz CT molecular complexity index is 980. The highest BCUT2D eigenvalue weighted by Crippen LogP contribution is 2.44. The summed E-state index contributed by atoms with van der Waals surface area (Å²) in [5.74, 6) is -0.809. The summed E-state index contributed by atoms with van der Waals surface area (Å²) in [6, 6.07) is 10.6. The molecule has 24 heavy (non-hydrogen) atoms. The van der Waals surface area contributed by atoms with Crippen molar-refractivity contribution in [1.82, 2.24) is 4.98 Å². The number of ether oxygens (including phenoxy) is 2. The van der Waals surface area contributed by atoms with Crippen molar-refractivity contribution in [2.45, 2.75) is 12.0 Å². The third-order valence-electron chi connectivity index (χ3n) is 4.13. The van der Waals surface area contributed by atoms with Crippen molar-refractivity contribution in [3.8, 4) is 5.75 Å². The molecule has 1 aliphatic heterocycles. The van der Waals surface area contributed by atoms with Gasteiger partial charge in [0, 0.05) is 12.4 Å². The van der Waals surface area contributed by atoms with Crippen molar-refractivity contribution in [2.75, 3.05) is 7.11 Å². The van der Waals surface area contributed by atoms with Crippen molar-refractivity contribution >= 4 is 16.9 Å². The van der Waals surface area contributed by atoms with E-state index in [4.69, 9.17) is 13.9 Å². The predicted octanol–water partition coefficient (Wildman–Crippen LogP) is 2.25. The third kappa shape index (κ3) is 2.07. The van der Waals surface area contributed by atoms with Crippen LogP contribution in [-0.2, 0) is 9.53 Å². The molecular weight excluding hydrogens is 310 g/mol. The van der Waals surface area contributed by atoms with Crippen LogP contribution in [0.4, 0.5) is 0 Å². The Morgan fingerprint density at radius 1 is 1.21 bits per heavy atom. The molecule has 3 heterocycles. The number of para-hydroxylation sites is 1. The van der Waals surface area contributed by atoms with Gasteiger partial charge in [0.15, 0.2) is 0 Å². The smallest absolute Gasteiger partial charge is 0.348 e. The van der Waals surface area contributed by atoms with E-state index in [2.05, 4.69) is 4.98 Å². The minimum Gasteiger partial charge on any atom is -0.476 e. The van der Waals surface area contributed by atoms with Gasteiger partial charge in [-0.3, -0.25) is 4.98 Å². The molecule has 2 atom stereocenters. The normalized spacial score (nSPS) is 18.9. The zero-order chi connectivity index (χ0) is 16.7. The number of nitrogens with zero attached hydrogens (tertiary/aromatic N) is 1. The first-order valence-corrected chi connectivity index (χ1v) is 7.41. The molecule has 0 saturated carbocycles. The van der Waals surface area contributed by atoms with Gasteiger partial charge >= 0.3 is 11.6 Å². The van der Waals surface area contributed by atoms with Crippen molar-refractivity contribution in [3.63, 3.8) is 0 Å². The quantitative estimate of drug-likeness (QED) is 0.532. The van der Waals surface area contributed by atoms with E-state index in [1.807, 2.05) is 6.07 Å². The number of rotatable bonds is 2. The van der Waals surface area contributed by atoms with Gasteiger partial charge in [0.25, 0.3) is 0 Å². The maximum absolute atomic E-state index is 12.5. The first-order valence-electron chi connectivity index (χ1n) is 7.41. The topological polar surface area (TPSA) is 78.6 Å². The van der Waals surface area contributed by atoms with Gasteiger partial charge in [-0.15, -0.1) is 0 Å².